The molecule has 0 spiro atoms. The number of carbonyl (C=O) groups excluding carboxylic acids is 2. The summed E-state index contributed by atoms with van der Waals surface area (Å²) in [5.74, 6) is -2.68. The zero-order valence-electron chi connectivity index (χ0n) is 24.5. The van der Waals surface area contributed by atoms with Crippen molar-refractivity contribution in [1.29, 1.82) is 0 Å². The molecule has 0 fully saturated rings. The maximum Gasteiger partial charge on any atom is 0.326 e. The van der Waals surface area contributed by atoms with Crippen molar-refractivity contribution in [3.8, 4) is 17.2 Å². The van der Waals surface area contributed by atoms with Gasteiger partial charge in [-0.2, -0.15) is 0 Å². The van der Waals surface area contributed by atoms with Crippen LogP contribution in [-0.2, 0) is 20.4 Å². The summed E-state index contributed by atoms with van der Waals surface area (Å²) in [5.41, 5.74) is 2.10. The van der Waals surface area contributed by atoms with Crippen molar-refractivity contribution < 1.29 is 24.2 Å². The molecule has 1 atom stereocenters. The molecule has 0 saturated carbocycles. The quantitative estimate of drug-likeness (QED) is 0.144. The summed E-state index contributed by atoms with van der Waals surface area (Å²) in [5, 5.41) is 11.4. The van der Waals surface area contributed by atoms with E-state index in [1.165, 1.54) is 0 Å². The number of benzene rings is 4. The van der Waals surface area contributed by atoms with Crippen molar-refractivity contribution in [1.82, 2.24) is 0 Å². The van der Waals surface area contributed by atoms with E-state index in [-0.39, 0.29) is 5.75 Å². The Labute approximate surface area is 242 Å². The van der Waals surface area contributed by atoms with E-state index in [9.17, 15) is 14.7 Å². The maximum absolute atomic E-state index is 14.0. The third kappa shape index (κ3) is 7.04. The summed E-state index contributed by atoms with van der Waals surface area (Å²) >= 11 is 0. The molecule has 0 radical (unpaired) electrons. The number of hydrogen-bond acceptors (Lipinski definition) is 5. The largest absolute Gasteiger partial charge is 0.507 e. The minimum absolute atomic E-state index is 0.218. The number of para-hydroxylation sites is 2. The molecular formula is C36H38O5. The average molecular weight is 551 g/mol. The van der Waals surface area contributed by atoms with Crippen molar-refractivity contribution >= 4 is 11.9 Å². The van der Waals surface area contributed by atoms with E-state index in [0.717, 1.165) is 16.7 Å². The molecule has 0 aromatic heterocycles. The number of phenolic OH excluding ortho intramolecular Hbond substituents is 1. The van der Waals surface area contributed by atoms with Crippen LogP contribution < -0.4 is 9.47 Å². The van der Waals surface area contributed by atoms with Crippen LogP contribution in [0, 0.1) is 5.92 Å². The van der Waals surface area contributed by atoms with E-state index in [1.54, 1.807) is 48.5 Å². The van der Waals surface area contributed by atoms with Crippen LogP contribution in [0.25, 0.3) is 0 Å². The van der Waals surface area contributed by atoms with Crippen molar-refractivity contribution in [3.05, 3.63) is 125 Å². The monoisotopic (exact) mass is 550 g/mol. The van der Waals surface area contributed by atoms with Crippen LogP contribution >= 0.6 is 0 Å². The van der Waals surface area contributed by atoms with Crippen molar-refractivity contribution in [2.24, 2.45) is 5.92 Å². The van der Waals surface area contributed by atoms with Gasteiger partial charge in [0.25, 0.3) is 0 Å². The first-order valence-electron chi connectivity index (χ1n) is 13.8. The van der Waals surface area contributed by atoms with Crippen molar-refractivity contribution in [2.45, 2.75) is 58.3 Å². The molecule has 0 bridgehead atoms. The van der Waals surface area contributed by atoms with Gasteiger partial charge in [0.15, 0.2) is 5.92 Å². The number of rotatable bonds is 7. The second kappa shape index (κ2) is 12.0. The second-order valence-corrected chi connectivity index (χ2v) is 12.3. The Hall–Kier alpha value is -4.38. The minimum atomic E-state index is -1.34. The van der Waals surface area contributed by atoms with Gasteiger partial charge in [-0.3, -0.25) is 9.59 Å². The number of phenols is 1. The Morgan fingerprint density at radius 3 is 1.32 bits per heavy atom. The summed E-state index contributed by atoms with van der Waals surface area (Å²) in [7, 11) is 0. The lowest BCUT2D eigenvalue weighted by atomic mass is 9.73. The lowest BCUT2D eigenvalue weighted by Gasteiger charge is -2.31. The lowest BCUT2D eigenvalue weighted by molar-refractivity contribution is -0.152. The standard InChI is InChI=1S/C36H38O5/c1-35(2,3)28-22-25(23-29(32(28)37)36(4,5)6)30(24-16-10-7-11-17-24)31(33(38)40-26-18-12-8-13-19-26)34(39)41-27-20-14-9-15-21-27/h7-23,30-31,37H,1-6H3. The lowest BCUT2D eigenvalue weighted by Crippen LogP contribution is -2.37. The number of carbonyl (C=O) groups is 2. The zero-order chi connectivity index (χ0) is 29.8. The third-order valence-electron chi connectivity index (χ3n) is 7.03. The molecule has 1 N–H and O–H groups in total. The molecule has 0 saturated heterocycles. The molecule has 5 nitrogen and oxygen atoms in total. The molecule has 0 aliphatic heterocycles. The predicted octanol–water partition coefficient (Wildman–Crippen LogP) is 7.95. The smallest absolute Gasteiger partial charge is 0.326 e. The molecule has 1 unspecified atom stereocenters. The third-order valence-corrected chi connectivity index (χ3v) is 7.03. The van der Waals surface area contributed by atoms with Gasteiger partial charge in [0, 0.05) is 5.92 Å². The van der Waals surface area contributed by atoms with Crippen LogP contribution in [0.4, 0.5) is 0 Å². The van der Waals surface area contributed by atoms with E-state index in [2.05, 4.69) is 0 Å². The highest BCUT2D eigenvalue weighted by atomic mass is 16.6. The van der Waals surface area contributed by atoms with Crippen LogP contribution in [0.2, 0.25) is 0 Å². The van der Waals surface area contributed by atoms with Crippen LogP contribution in [0.1, 0.15) is 69.7 Å². The number of aromatic hydroxyl groups is 1. The summed E-state index contributed by atoms with van der Waals surface area (Å²) in [6, 6.07) is 30.6. The van der Waals surface area contributed by atoms with Crippen molar-refractivity contribution in [3.63, 3.8) is 0 Å². The van der Waals surface area contributed by atoms with E-state index in [0.29, 0.717) is 17.1 Å². The Morgan fingerprint density at radius 1 is 0.585 bits per heavy atom. The van der Waals surface area contributed by atoms with Crippen molar-refractivity contribution in [2.75, 3.05) is 0 Å². The molecule has 4 aromatic rings. The first kappa shape index (κ1) is 29.6. The Morgan fingerprint density at radius 2 is 0.951 bits per heavy atom. The molecule has 212 valence electrons. The van der Waals surface area contributed by atoms with E-state index in [4.69, 9.17) is 9.47 Å². The van der Waals surface area contributed by atoms with Gasteiger partial charge in [-0.25, -0.2) is 0 Å². The molecule has 5 heteroatoms. The maximum atomic E-state index is 14.0. The highest BCUT2D eigenvalue weighted by Crippen LogP contribution is 2.44. The normalized spacial score (nSPS) is 12.6. The average Bonchev–Trinajstić information content (AvgIpc) is 2.92. The van der Waals surface area contributed by atoms with Crippen LogP contribution in [0.3, 0.4) is 0 Å². The van der Waals surface area contributed by atoms with Gasteiger partial charge in [0.2, 0.25) is 0 Å². The fourth-order valence-corrected chi connectivity index (χ4v) is 4.92. The number of esters is 2. The first-order chi connectivity index (χ1) is 19.4. The summed E-state index contributed by atoms with van der Waals surface area (Å²) in [6.45, 7) is 12.2. The minimum Gasteiger partial charge on any atom is -0.507 e. The van der Waals surface area contributed by atoms with Crippen LogP contribution in [-0.4, -0.2) is 17.0 Å². The number of ether oxygens (including phenoxy) is 2. The summed E-state index contributed by atoms with van der Waals surface area (Å²) in [4.78, 5) is 28.0. The Bertz CT molecular complexity index is 1390. The predicted molar refractivity (Wildman–Crippen MR) is 161 cm³/mol. The van der Waals surface area contributed by atoms with Gasteiger partial charge in [-0.15, -0.1) is 0 Å². The molecule has 0 aliphatic carbocycles. The highest BCUT2D eigenvalue weighted by molar-refractivity contribution is 5.98. The van der Waals surface area contributed by atoms with Gasteiger partial charge in [0.1, 0.15) is 17.2 Å². The van der Waals surface area contributed by atoms with Gasteiger partial charge >= 0.3 is 11.9 Å². The van der Waals surface area contributed by atoms with Gasteiger partial charge in [0.05, 0.1) is 0 Å². The Kier molecular flexibility index (Phi) is 8.67. The van der Waals surface area contributed by atoms with Gasteiger partial charge < -0.3 is 14.6 Å². The number of hydrogen-bond donors (Lipinski definition) is 1. The fraction of sp³-hybridized carbons (Fsp3) is 0.278. The molecular weight excluding hydrogens is 512 g/mol. The molecule has 0 aliphatic rings. The molecule has 0 heterocycles. The molecule has 0 amide bonds. The molecule has 41 heavy (non-hydrogen) atoms. The highest BCUT2D eigenvalue weighted by Gasteiger charge is 2.41. The second-order valence-electron chi connectivity index (χ2n) is 12.3. The first-order valence-corrected chi connectivity index (χ1v) is 13.8. The molecule has 4 aromatic carbocycles. The Balaban J connectivity index is 1.95. The van der Waals surface area contributed by atoms with Crippen LogP contribution in [0.15, 0.2) is 103 Å². The van der Waals surface area contributed by atoms with Gasteiger partial charge in [-0.1, -0.05) is 120 Å². The van der Waals surface area contributed by atoms with E-state index < -0.39 is 34.6 Å². The fourth-order valence-electron chi connectivity index (χ4n) is 4.92. The summed E-state index contributed by atoms with van der Waals surface area (Å²) < 4.78 is 11.6. The van der Waals surface area contributed by atoms with Crippen LogP contribution in [0.5, 0.6) is 17.2 Å². The molecule has 4 rings (SSSR count). The van der Waals surface area contributed by atoms with E-state index in [1.807, 2.05) is 96.1 Å². The topological polar surface area (TPSA) is 72.8 Å². The van der Waals surface area contributed by atoms with E-state index >= 15 is 0 Å². The summed E-state index contributed by atoms with van der Waals surface area (Å²) in [6.07, 6.45) is 0. The van der Waals surface area contributed by atoms with Gasteiger partial charge in [-0.05, 0) is 57.3 Å². The SMILES string of the molecule is CC(C)(C)c1cc(C(c2ccccc2)C(C(=O)Oc2ccccc2)C(=O)Oc2ccccc2)cc(C(C)(C)C)c1O. The zero-order valence-corrected chi connectivity index (χ0v) is 24.5.